The maximum atomic E-state index is 12.3. The molecule has 114 valence electrons. The smallest absolute Gasteiger partial charge is 0.212 e. The lowest BCUT2D eigenvalue weighted by Crippen LogP contribution is -2.39. The van der Waals surface area contributed by atoms with E-state index in [2.05, 4.69) is 11.0 Å². The van der Waals surface area contributed by atoms with Gasteiger partial charge in [0.2, 0.25) is 10.0 Å². The van der Waals surface area contributed by atoms with Crippen LogP contribution in [0.25, 0.3) is 0 Å². The number of nitrogens with zero attached hydrogens (tertiary/aromatic N) is 1. The fraction of sp³-hybridized carbons (Fsp3) is 0.533. The van der Waals surface area contributed by atoms with Gasteiger partial charge in [-0.25, -0.2) is 13.1 Å². The van der Waals surface area contributed by atoms with E-state index in [1.54, 1.807) is 24.3 Å². The van der Waals surface area contributed by atoms with E-state index in [0.717, 1.165) is 25.7 Å². The van der Waals surface area contributed by atoms with Crippen LogP contribution in [-0.2, 0) is 15.8 Å². The lowest BCUT2D eigenvalue weighted by Gasteiger charge is -2.28. The Kier molecular flexibility index (Phi) is 5.68. The van der Waals surface area contributed by atoms with E-state index in [0.29, 0.717) is 16.4 Å². The second kappa shape index (κ2) is 7.30. The van der Waals surface area contributed by atoms with Crippen LogP contribution in [0.1, 0.15) is 36.8 Å². The van der Waals surface area contributed by atoms with Gasteiger partial charge in [-0.2, -0.15) is 17.0 Å². The monoisotopic (exact) mass is 324 g/mol. The summed E-state index contributed by atoms with van der Waals surface area (Å²) in [6.45, 7) is 0. The van der Waals surface area contributed by atoms with Crippen LogP contribution < -0.4 is 4.72 Å². The molecule has 0 aliphatic heterocycles. The van der Waals surface area contributed by atoms with Gasteiger partial charge in [-0.1, -0.05) is 24.6 Å². The molecule has 2 atom stereocenters. The minimum atomic E-state index is -3.41. The van der Waals surface area contributed by atoms with Crippen molar-refractivity contribution >= 4 is 21.8 Å². The first-order valence-corrected chi connectivity index (χ1v) is 9.99. The van der Waals surface area contributed by atoms with Gasteiger partial charge in [-0.15, -0.1) is 0 Å². The summed E-state index contributed by atoms with van der Waals surface area (Å²) in [6.07, 6.45) is 6.09. The first-order chi connectivity index (χ1) is 10.0. The molecule has 1 N–H and O–H groups in total. The Morgan fingerprint density at radius 1 is 1.38 bits per heavy atom. The summed E-state index contributed by atoms with van der Waals surface area (Å²) < 4.78 is 27.4. The Balaban J connectivity index is 2.04. The molecule has 2 unspecified atom stereocenters. The van der Waals surface area contributed by atoms with Gasteiger partial charge < -0.3 is 0 Å². The summed E-state index contributed by atoms with van der Waals surface area (Å²) in [5.41, 5.74) is 0.984. The molecule has 0 amide bonds. The van der Waals surface area contributed by atoms with Crippen molar-refractivity contribution in [2.45, 2.75) is 42.7 Å². The molecule has 1 aliphatic carbocycles. The predicted molar refractivity (Wildman–Crippen MR) is 86.5 cm³/mol. The van der Waals surface area contributed by atoms with Crippen molar-refractivity contribution in [2.24, 2.45) is 0 Å². The third-order valence-electron chi connectivity index (χ3n) is 3.79. The van der Waals surface area contributed by atoms with Gasteiger partial charge in [0.05, 0.1) is 17.4 Å². The molecule has 6 heteroatoms. The molecule has 0 bridgehead atoms. The third kappa shape index (κ3) is 4.73. The molecule has 1 aromatic carbocycles. The maximum Gasteiger partial charge on any atom is 0.216 e. The SMILES string of the molecule is CSC1CCCC(NS(=O)(=O)Cc2ccccc2C#N)C1. The summed E-state index contributed by atoms with van der Waals surface area (Å²) in [5.74, 6) is -0.128. The topological polar surface area (TPSA) is 70.0 Å². The molecule has 2 rings (SSSR count). The van der Waals surface area contributed by atoms with E-state index < -0.39 is 10.0 Å². The van der Waals surface area contributed by atoms with Crippen LogP contribution in [0.2, 0.25) is 0 Å². The molecular formula is C15H20N2O2S2. The van der Waals surface area contributed by atoms with Crippen molar-refractivity contribution < 1.29 is 8.42 Å². The minimum Gasteiger partial charge on any atom is -0.212 e. The molecule has 1 aliphatic rings. The van der Waals surface area contributed by atoms with E-state index in [9.17, 15) is 8.42 Å². The average Bonchev–Trinajstić information content (AvgIpc) is 2.47. The zero-order valence-corrected chi connectivity index (χ0v) is 13.7. The minimum absolute atomic E-state index is 0.0236. The molecule has 1 saturated carbocycles. The molecule has 4 nitrogen and oxygen atoms in total. The molecule has 0 spiro atoms. The second-order valence-electron chi connectivity index (χ2n) is 5.37. The highest BCUT2D eigenvalue weighted by molar-refractivity contribution is 7.99. The normalized spacial score (nSPS) is 22.7. The third-order valence-corrected chi connectivity index (χ3v) is 6.27. The molecule has 0 aromatic heterocycles. The first-order valence-electron chi connectivity index (χ1n) is 7.05. The number of hydrogen-bond acceptors (Lipinski definition) is 4. The Morgan fingerprint density at radius 2 is 2.14 bits per heavy atom. The van der Waals surface area contributed by atoms with E-state index in [-0.39, 0.29) is 11.8 Å². The highest BCUT2D eigenvalue weighted by Crippen LogP contribution is 2.27. The van der Waals surface area contributed by atoms with Crippen molar-refractivity contribution in [1.82, 2.24) is 4.72 Å². The average molecular weight is 324 g/mol. The van der Waals surface area contributed by atoms with E-state index in [1.165, 1.54) is 0 Å². The van der Waals surface area contributed by atoms with Crippen LogP contribution in [0, 0.1) is 11.3 Å². The summed E-state index contributed by atoms with van der Waals surface area (Å²) in [7, 11) is -3.41. The van der Waals surface area contributed by atoms with Crippen molar-refractivity contribution in [1.29, 1.82) is 5.26 Å². The van der Waals surface area contributed by atoms with Gasteiger partial charge in [-0.3, -0.25) is 0 Å². The van der Waals surface area contributed by atoms with Crippen LogP contribution in [0.5, 0.6) is 0 Å². The Labute approximate surface area is 131 Å². The van der Waals surface area contributed by atoms with Crippen LogP contribution in [0.3, 0.4) is 0 Å². The van der Waals surface area contributed by atoms with Gasteiger partial charge in [-0.05, 0) is 37.1 Å². The molecule has 21 heavy (non-hydrogen) atoms. The van der Waals surface area contributed by atoms with E-state index in [1.807, 2.05) is 17.8 Å². The van der Waals surface area contributed by atoms with Crippen LogP contribution in [0.15, 0.2) is 24.3 Å². The molecular weight excluding hydrogens is 304 g/mol. The van der Waals surface area contributed by atoms with Gasteiger partial charge in [0.15, 0.2) is 0 Å². The fourth-order valence-electron chi connectivity index (χ4n) is 2.72. The Bertz CT molecular complexity index is 623. The number of rotatable bonds is 5. The van der Waals surface area contributed by atoms with Gasteiger partial charge in [0.25, 0.3) is 0 Å². The highest BCUT2D eigenvalue weighted by atomic mass is 32.2. The number of hydrogen-bond donors (Lipinski definition) is 1. The standard InChI is InChI=1S/C15H20N2O2S2/c1-20-15-8-4-7-14(9-15)17-21(18,19)11-13-6-3-2-5-12(13)10-16/h2-3,5-6,14-15,17H,4,7-9,11H2,1H3. The number of nitrogens with one attached hydrogen (secondary N) is 1. The van der Waals surface area contributed by atoms with Crippen molar-refractivity contribution in [3.8, 4) is 6.07 Å². The lowest BCUT2D eigenvalue weighted by molar-refractivity contribution is 0.420. The number of nitriles is 1. The van der Waals surface area contributed by atoms with E-state index >= 15 is 0 Å². The predicted octanol–water partition coefficient (Wildman–Crippen LogP) is 2.65. The van der Waals surface area contributed by atoms with Crippen LogP contribution >= 0.6 is 11.8 Å². The van der Waals surface area contributed by atoms with Crippen molar-refractivity contribution in [2.75, 3.05) is 6.26 Å². The zero-order valence-electron chi connectivity index (χ0n) is 12.1. The van der Waals surface area contributed by atoms with Crippen LogP contribution in [-0.4, -0.2) is 26.0 Å². The van der Waals surface area contributed by atoms with Crippen molar-refractivity contribution in [3.05, 3.63) is 35.4 Å². The van der Waals surface area contributed by atoms with Gasteiger partial charge in [0, 0.05) is 11.3 Å². The summed E-state index contributed by atoms with van der Waals surface area (Å²) >= 11 is 1.81. The number of sulfonamides is 1. The molecule has 0 radical (unpaired) electrons. The number of benzene rings is 1. The quantitative estimate of drug-likeness (QED) is 0.904. The van der Waals surface area contributed by atoms with E-state index in [4.69, 9.17) is 5.26 Å². The number of thioether (sulfide) groups is 1. The highest BCUT2D eigenvalue weighted by Gasteiger charge is 2.25. The Hall–Kier alpha value is -1.03. The lowest BCUT2D eigenvalue weighted by atomic mass is 9.96. The van der Waals surface area contributed by atoms with Crippen LogP contribution in [0.4, 0.5) is 0 Å². The Morgan fingerprint density at radius 3 is 2.86 bits per heavy atom. The molecule has 1 aromatic rings. The van der Waals surface area contributed by atoms with Gasteiger partial charge >= 0.3 is 0 Å². The summed E-state index contributed by atoms with van der Waals surface area (Å²) in [6, 6.07) is 8.91. The maximum absolute atomic E-state index is 12.3. The molecule has 0 heterocycles. The van der Waals surface area contributed by atoms with Gasteiger partial charge in [0.1, 0.15) is 0 Å². The summed E-state index contributed by atoms with van der Waals surface area (Å²) in [4.78, 5) is 0. The second-order valence-corrected chi connectivity index (χ2v) is 8.26. The largest absolute Gasteiger partial charge is 0.216 e. The first kappa shape index (κ1) is 16.3. The molecule has 1 fully saturated rings. The molecule has 0 saturated heterocycles. The summed E-state index contributed by atoms with van der Waals surface area (Å²) in [5, 5.41) is 9.58. The zero-order chi connectivity index (χ0) is 15.3. The fourth-order valence-corrected chi connectivity index (χ4v) is 5.02. The van der Waals surface area contributed by atoms with Crippen molar-refractivity contribution in [3.63, 3.8) is 0 Å².